The molecule has 3 rings (SSSR count). The molecule has 0 saturated carbocycles. The lowest BCUT2D eigenvalue weighted by Crippen LogP contribution is -2.21. The molecule has 1 N–H and O–H groups in total. The number of rotatable bonds is 4. The number of anilines is 1. The van der Waals surface area contributed by atoms with E-state index in [9.17, 15) is 4.79 Å². The molecule has 1 heterocycles. The minimum atomic E-state index is -0.220. The number of hydrogen-bond donors (Lipinski definition) is 1. The predicted molar refractivity (Wildman–Crippen MR) is 93.3 cm³/mol. The second-order valence-corrected chi connectivity index (χ2v) is 7.17. The highest BCUT2D eigenvalue weighted by molar-refractivity contribution is 5.91. The molecule has 0 unspecified atom stereocenters. The van der Waals surface area contributed by atoms with Gasteiger partial charge < -0.3 is 10.1 Å². The summed E-state index contributed by atoms with van der Waals surface area (Å²) in [6.45, 7) is 6.11. The van der Waals surface area contributed by atoms with Crippen LogP contribution in [0, 0.1) is 0 Å². The molecule has 0 aliphatic heterocycles. The van der Waals surface area contributed by atoms with Crippen LogP contribution in [0.4, 0.5) is 5.69 Å². The van der Waals surface area contributed by atoms with Crippen molar-refractivity contribution in [1.82, 2.24) is 9.97 Å². The maximum Gasteiger partial charge on any atom is 0.262 e. The SMILES string of the molecule is CC(C)(C)c1ncc(NC(=O)COc2ccc3c(c2)CCC3)cn1. The molecule has 0 bridgehead atoms. The number of amides is 1. The second kappa shape index (κ2) is 6.59. The first-order valence-electron chi connectivity index (χ1n) is 8.29. The summed E-state index contributed by atoms with van der Waals surface area (Å²) in [5, 5.41) is 2.75. The lowest BCUT2D eigenvalue weighted by molar-refractivity contribution is -0.118. The van der Waals surface area contributed by atoms with Crippen molar-refractivity contribution in [2.75, 3.05) is 11.9 Å². The highest BCUT2D eigenvalue weighted by atomic mass is 16.5. The van der Waals surface area contributed by atoms with Gasteiger partial charge >= 0.3 is 0 Å². The summed E-state index contributed by atoms with van der Waals surface area (Å²) in [7, 11) is 0. The van der Waals surface area contributed by atoms with Crippen molar-refractivity contribution in [3.05, 3.63) is 47.5 Å². The first-order chi connectivity index (χ1) is 11.4. The molecule has 1 aliphatic carbocycles. The summed E-state index contributed by atoms with van der Waals surface area (Å²) in [5.74, 6) is 1.27. The molecular formula is C19H23N3O2. The average molecular weight is 325 g/mol. The van der Waals surface area contributed by atoms with Crippen LogP contribution in [0.2, 0.25) is 0 Å². The largest absolute Gasteiger partial charge is 0.484 e. The normalized spacial score (nSPS) is 13.5. The van der Waals surface area contributed by atoms with Crippen molar-refractivity contribution >= 4 is 11.6 Å². The van der Waals surface area contributed by atoms with Gasteiger partial charge in [-0.1, -0.05) is 26.8 Å². The Hall–Kier alpha value is -2.43. The van der Waals surface area contributed by atoms with Crippen LogP contribution in [-0.2, 0) is 23.1 Å². The fourth-order valence-corrected chi connectivity index (χ4v) is 2.76. The molecule has 2 aromatic rings. The number of nitrogens with zero attached hydrogens (tertiary/aromatic N) is 2. The summed E-state index contributed by atoms with van der Waals surface area (Å²) < 4.78 is 5.59. The van der Waals surface area contributed by atoms with E-state index in [0.717, 1.165) is 24.4 Å². The fourth-order valence-electron chi connectivity index (χ4n) is 2.76. The topological polar surface area (TPSA) is 64.1 Å². The third kappa shape index (κ3) is 3.91. The molecule has 0 radical (unpaired) electrons. The summed E-state index contributed by atoms with van der Waals surface area (Å²) >= 11 is 0. The molecule has 1 aromatic carbocycles. The van der Waals surface area contributed by atoms with E-state index < -0.39 is 0 Å². The fraction of sp³-hybridized carbons (Fsp3) is 0.421. The molecule has 0 fully saturated rings. The van der Waals surface area contributed by atoms with Crippen molar-refractivity contribution in [1.29, 1.82) is 0 Å². The third-order valence-corrected chi connectivity index (χ3v) is 4.05. The van der Waals surface area contributed by atoms with Crippen molar-refractivity contribution in [3.8, 4) is 5.75 Å². The highest BCUT2D eigenvalue weighted by Crippen LogP contribution is 2.26. The van der Waals surface area contributed by atoms with Crippen molar-refractivity contribution < 1.29 is 9.53 Å². The number of fused-ring (bicyclic) bond motifs is 1. The Labute approximate surface area is 142 Å². The highest BCUT2D eigenvalue weighted by Gasteiger charge is 2.17. The Morgan fingerprint density at radius 3 is 2.58 bits per heavy atom. The number of carbonyl (C=O) groups is 1. The van der Waals surface area contributed by atoms with Gasteiger partial charge in [-0.05, 0) is 42.5 Å². The van der Waals surface area contributed by atoms with Gasteiger partial charge in [0.15, 0.2) is 6.61 Å². The van der Waals surface area contributed by atoms with Crippen LogP contribution >= 0.6 is 0 Å². The average Bonchev–Trinajstić information content (AvgIpc) is 3.00. The third-order valence-electron chi connectivity index (χ3n) is 4.05. The maximum absolute atomic E-state index is 12.0. The zero-order valence-corrected chi connectivity index (χ0v) is 14.4. The standard InChI is InChI=1S/C19H23N3O2/c1-19(2,3)18-20-10-15(11-21-18)22-17(23)12-24-16-8-7-13-5-4-6-14(13)9-16/h7-11H,4-6,12H2,1-3H3,(H,22,23). The molecule has 0 atom stereocenters. The Morgan fingerprint density at radius 2 is 1.88 bits per heavy atom. The Balaban J connectivity index is 1.54. The molecule has 5 heteroatoms. The monoisotopic (exact) mass is 325 g/mol. The van der Waals surface area contributed by atoms with Gasteiger partial charge in [-0.2, -0.15) is 0 Å². The van der Waals surface area contributed by atoms with Crippen LogP contribution in [0.3, 0.4) is 0 Å². The Bertz CT molecular complexity index is 733. The van der Waals surface area contributed by atoms with Crippen molar-refractivity contribution in [2.45, 2.75) is 45.4 Å². The quantitative estimate of drug-likeness (QED) is 0.937. The van der Waals surface area contributed by atoms with Crippen molar-refractivity contribution in [3.63, 3.8) is 0 Å². The zero-order valence-electron chi connectivity index (χ0n) is 14.4. The summed E-state index contributed by atoms with van der Waals surface area (Å²) in [6.07, 6.45) is 6.68. The van der Waals surface area contributed by atoms with E-state index in [2.05, 4.69) is 21.4 Å². The van der Waals surface area contributed by atoms with E-state index in [1.54, 1.807) is 12.4 Å². The Morgan fingerprint density at radius 1 is 1.17 bits per heavy atom. The van der Waals surface area contributed by atoms with Gasteiger partial charge in [0.25, 0.3) is 5.91 Å². The van der Waals surface area contributed by atoms with Crippen LogP contribution in [0.1, 0.15) is 44.1 Å². The summed E-state index contributed by atoms with van der Waals surface area (Å²) in [6, 6.07) is 6.06. The smallest absolute Gasteiger partial charge is 0.262 e. The zero-order chi connectivity index (χ0) is 17.2. The number of hydrogen-bond acceptors (Lipinski definition) is 4. The number of aryl methyl sites for hydroxylation is 2. The summed E-state index contributed by atoms with van der Waals surface area (Å²) in [4.78, 5) is 20.6. The van der Waals surface area contributed by atoms with Gasteiger partial charge in [0.05, 0.1) is 18.1 Å². The first kappa shape index (κ1) is 16.4. The van der Waals surface area contributed by atoms with E-state index in [1.165, 1.54) is 17.5 Å². The molecule has 1 aromatic heterocycles. The molecule has 0 spiro atoms. The lowest BCUT2D eigenvalue weighted by atomic mass is 9.96. The minimum absolute atomic E-state index is 0.0280. The van der Waals surface area contributed by atoms with E-state index in [4.69, 9.17) is 4.74 Å². The number of nitrogens with one attached hydrogen (secondary N) is 1. The predicted octanol–water partition coefficient (Wildman–Crippen LogP) is 3.28. The molecule has 5 nitrogen and oxygen atoms in total. The molecular weight excluding hydrogens is 302 g/mol. The van der Waals surface area contributed by atoms with Gasteiger partial charge in [0.2, 0.25) is 0 Å². The maximum atomic E-state index is 12.0. The van der Waals surface area contributed by atoms with Gasteiger partial charge in [-0.15, -0.1) is 0 Å². The number of benzene rings is 1. The van der Waals surface area contributed by atoms with E-state index in [-0.39, 0.29) is 17.9 Å². The summed E-state index contributed by atoms with van der Waals surface area (Å²) in [5.41, 5.74) is 3.19. The van der Waals surface area contributed by atoms with E-state index in [0.29, 0.717) is 5.69 Å². The number of carbonyl (C=O) groups excluding carboxylic acids is 1. The van der Waals surface area contributed by atoms with Gasteiger partial charge in [0, 0.05) is 5.41 Å². The molecule has 24 heavy (non-hydrogen) atoms. The minimum Gasteiger partial charge on any atom is -0.484 e. The number of ether oxygens (including phenoxy) is 1. The first-order valence-corrected chi connectivity index (χ1v) is 8.29. The van der Waals surface area contributed by atoms with Gasteiger partial charge in [0.1, 0.15) is 11.6 Å². The lowest BCUT2D eigenvalue weighted by Gasteiger charge is -2.16. The molecule has 126 valence electrons. The van der Waals surface area contributed by atoms with Crippen molar-refractivity contribution in [2.24, 2.45) is 0 Å². The Kier molecular flexibility index (Phi) is 4.51. The van der Waals surface area contributed by atoms with Crippen LogP contribution < -0.4 is 10.1 Å². The molecule has 0 saturated heterocycles. The molecule has 1 amide bonds. The van der Waals surface area contributed by atoms with Gasteiger partial charge in [-0.3, -0.25) is 4.79 Å². The van der Waals surface area contributed by atoms with E-state index in [1.807, 2.05) is 32.9 Å². The van der Waals surface area contributed by atoms with Crippen LogP contribution in [-0.4, -0.2) is 22.5 Å². The van der Waals surface area contributed by atoms with Crippen LogP contribution in [0.25, 0.3) is 0 Å². The second-order valence-electron chi connectivity index (χ2n) is 7.17. The van der Waals surface area contributed by atoms with Crippen LogP contribution in [0.15, 0.2) is 30.6 Å². The van der Waals surface area contributed by atoms with Gasteiger partial charge in [-0.25, -0.2) is 9.97 Å². The van der Waals surface area contributed by atoms with Crippen LogP contribution in [0.5, 0.6) is 5.75 Å². The van der Waals surface area contributed by atoms with E-state index >= 15 is 0 Å². The molecule has 1 aliphatic rings. The number of aromatic nitrogens is 2.